The third kappa shape index (κ3) is 3.19. The van der Waals surface area contributed by atoms with Crippen LogP contribution in [0.1, 0.15) is 11.7 Å². The van der Waals surface area contributed by atoms with Gasteiger partial charge in [-0.2, -0.15) is 4.98 Å². The van der Waals surface area contributed by atoms with E-state index in [1.165, 1.54) is 12.1 Å². The number of benzene rings is 1. The number of hydrogen-bond donors (Lipinski definition) is 1. The van der Waals surface area contributed by atoms with E-state index in [0.717, 1.165) is 0 Å². The predicted molar refractivity (Wildman–Crippen MR) is 69.3 cm³/mol. The van der Waals surface area contributed by atoms with Gasteiger partial charge < -0.3 is 9.84 Å². The van der Waals surface area contributed by atoms with Crippen LogP contribution in [0.25, 0.3) is 0 Å². The third-order valence-corrected chi connectivity index (χ3v) is 2.71. The fraction of sp³-hybridized carbons (Fsp3) is 0.273. The number of nitro groups is 1. The first kappa shape index (κ1) is 13.3. The van der Waals surface area contributed by atoms with Crippen LogP contribution in [0.5, 0.6) is 0 Å². The number of nitrogens with zero attached hydrogens (tertiary/aromatic N) is 3. The summed E-state index contributed by atoms with van der Waals surface area (Å²) in [6.07, 6.45) is 0.462. The van der Waals surface area contributed by atoms with E-state index in [1.807, 2.05) is 0 Å². The molecule has 7 nitrogen and oxygen atoms in total. The molecule has 0 amide bonds. The molecule has 19 heavy (non-hydrogen) atoms. The lowest BCUT2D eigenvalue weighted by Gasteiger charge is -2.07. The molecule has 0 fully saturated rings. The Morgan fingerprint density at radius 2 is 2.32 bits per heavy atom. The van der Waals surface area contributed by atoms with Gasteiger partial charge in [0.25, 0.3) is 5.69 Å². The predicted octanol–water partition coefficient (Wildman–Crippen LogP) is 2.59. The third-order valence-electron chi connectivity index (χ3n) is 2.40. The highest BCUT2D eigenvalue weighted by Crippen LogP contribution is 2.31. The maximum Gasteiger partial charge on any atom is 0.293 e. The zero-order valence-corrected chi connectivity index (χ0v) is 10.8. The first-order valence-electron chi connectivity index (χ1n) is 5.54. The summed E-state index contributed by atoms with van der Waals surface area (Å²) in [6, 6.07) is 4.52. The van der Waals surface area contributed by atoms with Crippen LogP contribution in [0.15, 0.2) is 22.7 Å². The van der Waals surface area contributed by atoms with Gasteiger partial charge in [0.2, 0.25) is 5.89 Å². The number of hydrogen-bond acceptors (Lipinski definition) is 6. The number of nitro benzene ring substituents is 1. The summed E-state index contributed by atoms with van der Waals surface area (Å²) in [5.41, 5.74) is 0.236. The Morgan fingerprint density at radius 1 is 1.53 bits per heavy atom. The van der Waals surface area contributed by atoms with E-state index in [4.69, 9.17) is 16.1 Å². The van der Waals surface area contributed by atoms with Gasteiger partial charge in [-0.3, -0.25) is 10.1 Å². The van der Waals surface area contributed by atoms with Crippen LogP contribution < -0.4 is 5.32 Å². The average molecular weight is 283 g/mol. The van der Waals surface area contributed by atoms with E-state index in [9.17, 15) is 10.1 Å². The monoisotopic (exact) mass is 282 g/mol. The van der Waals surface area contributed by atoms with Crippen molar-refractivity contribution in [2.75, 3.05) is 11.9 Å². The number of anilines is 1. The first-order valence-corrected chi connectivity index (χ1v) is 5.91. The molecule has 0 atom stereocenters. The fourth-order valence-corrected chi connectivity index (χ4v) is 1.81. The molecule has 0 spiro atoms. The number of aryl methyl sites for hydroxylation is 1. The van der Waals surface area contributed by atoms with Crippen molar-refractivity contribution in [1.29, 1.82) is 0 Å². The molecular formula is C11H11ClN4O3. The number of para-hydroxylation sites is 1. The second kappa shape index (κ2) is 5.66. The van der Waals surface area contributed by atoms with Crippen molar-refractivity contribution < 1.29 is 9.45 Å². The summed E-state index contributed by atoms with van der Waals surface area (Å²) in [5.74, 6) is 1.03. The Balaban J connectivity index is 2.05. The molecule has 0 saturated carbocycles. The van der Waals surface area contributed by atoms with E-state index in [-0.39, 0.29) is 5.69 Å². The molecule has 0 bridgehead atoms. The van der Waals surface area contributed by atoms with Crippen LogP contribution in [-0.2, 0) is 6.42 Å². The molecule has 1 aromatic heterocycles. The second-order valence-corrected chi connectivity index (χ2v) is 4.21. The molecule has 2 rings (SSSR count). The van der Waals surface area contributed by atoms with Crippen LogP contribution >= 0.6 is 11.6 Å². The lowest BCUT2D eigenvalue weighted by atomic mass is 10.2. The SMILES string of the molecule is Cc1noc(CCNc2c(Cl)cccc2[N+](=O)[O-])n1. The van der Waals surface area contributed by atoms with Crippen molar-refractivity contribution in [3.8, 4) is 0 Å². The molecular weight excluding hydrogens is 272 g/mol. The van der Waals surface area contributed by atoms with Crippen molar-refractivity contribution in [2.45, 2.75) is 13.3 Å². The number of rotatable bonds is 5. The van der Waals surface area contributed by atoms with Gasteiger partial charge in [0.1, 0.15) is 5.69 Å². The minimum atomic E-state index is -0.481. The van der Waals surface area contributed by atoms with Gasteiger partial charge in [-0.1, -0.05) is 22.8 Å². The van der Waals surface area contributed by atoms with Gasteiger partial charge in [-0.05, 0) is 13.0 Å². The van der Waals surface area contributed by atoms with Crippen LogP contribution in [0, 0.1) is 17.0 Å². The van der Waals surface area contributed by atoms with Crippen molar-refractivity contribution in [3.05, 3.63) is 45.1 Å². The van der Waals surface area contributed by atoms with Crippen molar-refractivity contribution in [2.24, 2.45) is 0 Å². The molecule has 100 valence electrons. The van der Waals surface area contributed by atoms with Crippen LogP contribution in [0.4, 0.5) is 11.4 Å². The fourth-order valence-electron chi connectivity index (χ4n) is 1.58. The van der Waals surface area contributed by atoms with E-state index in [2.05, 4.69) is 15.5 Å². The Morgan fingerprint density at radius 3 is 2.95 bits per heavy atom. The van der Waals surface area contributed by atoms with Gasteiger partial charge in [0.15, 0.2) is 5.82 Å². The summed E-state index contributed by atoms with van der Waals surface area (Å²) in [5, 5.41) is 17.8. The molecule has 0 aliphatic heterocycles. The molecule has 0 aliphatic rings. The van der Waals surface area contributed by atoms with E-state index in [0.29, 0.717) is 35.4 Å². The first-order chi connectivity index (χ1) is 9.08. The lowest BCUT2D eigenvalue weighted by molar-refractivity contribution is -0.383. The molecule has 1 heterocycles. The maximum absolute atomic E-state index is 10.9. The summed E-state index contributed by atoms with van der Waals surface area (Å²) in [6.45, 7) is 2.13. The van der Waals surface area contributed by atoms with Gasteiger partial charge in [-0.15, -0.1) is 0 Å². The summed E-state index contributed by atoms with van der Waals surface area (Å²) in [7, 11) is 0. The topological polar surface area (TPSA) is 94.1 Å². The van der Waals surface area contributed by atoms with Gasteiger partial charge >= 0.3 is 0 Å². The van der Waals surface area contributed by atoms with Crippen LogP contribution in [0.2, 0.25) is 5.02 Å². The van der Waals surface area contributed by atoms with E-state index in [1.54, 1.807) is 13.0 Å². The summed E-state index contributed by atoms with van der Waals surface area (Å²) >= 11 is 5.94. The Bertz CT molecular complexity index is 599. The quantitative estimate of drug-likeness (QED) is 0.669. The number of aromatic nitrogens is 2. The lowest BCUT2D eigenvalue weighted by Crippen LogP contribution is -2.07. The normalized spacial score (nSPS) is 10.4. The molecule has 2 aromatic rings. The largest absolute Gasteiger partial charge is 0.378 e. The van der Waals surface area contributed by atoms with Crippen molar-refractivity contribution >= 4 is 23.0 Å². The van der Waals surface area contributed by atoms with Gasteiger partial charge in [-0.25, -0.2) is 0 Å². The Kier molecular flexibility index (Phi) is 3.96. The maximum atomic E-state index is 10.9. The number of nitrogens with one attached hydrogen (secondary N) is 1. The van der Waals surface area contributed by atoms with Gasteiger partial charge in [0, 0.05) is 19.0 Å². The average Bonchev–Trinajstić information content (AvgIpc) is 2.77. The van der Waals surface area contributed by atoms with E-state index < -0.39 is 4.92 Å². The van der Waals surface area contributed by atoms with Crippen LogP contribution in [-0.4, -0.2) is 21.6 Å². The van der Waals surface area contributed by atoms with Crippen molar-refractivity contribution in [3.63, 3.8) is 0 Å². The highest BCUT2D eigenvalue weighted by atomic mass is 35.5. The highest BCUT2D eigenvalue weighted by Gasteiger charge is 2.16. The zero-order valence-electron chi connectivity index (χ0n) is 10.1. The minimum Gasteiger partial charge on any atom is -0.378 e. The zero-order chi connectivity index (χ0) is 13.8. The van der Waals surface area contributed by atoms with Crippen molar-refractivity contribution in [1.82, 2.24) is 10.1 Å². The van der Waals surface area contributed by atoms with Gasteiger partial charge in [0.05, 0.1) is 9.95 Å². The number of halogens is 1. The molecule has 1 N–H and O–H groups in total. The van der Waals surface area contributed by atoms with E-state index >= 15 is 0 Å². The Hall–Kier alpha value is -2.15. The minimum absolute atomic E-state index is 0.0609. The molecule has 0 aliphatic carbocycles. The molecule has 8 heteroatoms. The molecule has 0 radical (unpaired) electrons. The summed E-state index contributed by atoms with van der Waals surface area (Å²) < 4.78 is 4.94. The second-order valence-electron chi connectivity index (χ2n) is 3.80. The Labute approximate surface area is 113 Å². The highest BCUT2D eigenvalue weighted by molar-refractivity contribution is 6.33. The van der Waals surface area contributed by atoms with Crippen LogP contribution in [0.3, 0.4) is 0 Å². The molecule has 0 unspecified atom stereocenters. The molecule has 0 saturated heterocycles. The molecule has 1 aromatic carbocycles. The smallest absolute Gasteiger partial charge is 0.293 e. The summed E-state index contributed by atoms with van der Waals surface area (Å²) in [4.78, 5) is 14.4. The standard InChI is InChI=1S/C11H11ClN4O3/c1-7-14-10(19-15-7)5-6-13-11-8(12)3-2-4-9(11)16(17)18/h2-4,13H,5-6H2,1H3.